The number of fused-ring (bicyclic) bond motifs is 1. The van der Waals surface area contributed by atoms with Crippen molar-refractivity contribution < 1.29 is 9.59 Å². The van der Waals surface area contributed by atoms with E-state index in [-0.39, 0.29) is 11.8 Å². The van der Waals surface area contributed by atoms with Crippen molar-refractivity contribution in [2.24, 2.45) is 7.05 Å². The zero-order valence-electron chi connectivity index (χ0n) is 14.6. The molecule has 2 heterocycles. The molecule has 1 aliphatic heterocycles. The molecule has 1 saturated heterocycles. The first-order chi connectivity index (χ1) is 11.5. The Balaban J connectivity index is 1.77. The zero-order chi connectivity index (χ0) is 17.3. The highest BCUT2D eigenvalue weighted by Gasteiger charge is 2.22. The summed E-state index contributed by atoms with van der Waals surface area (Å²) >= 11 is 0. The molecule has 0 N–H and O–H groups in total. The number of nitrogens with zero attached hydrogens (tertiary/aromatic N) is 4. The van der Waals surface area contributed by atoms with E-state index in [9.17, 15) is 9.59 Å². The zero-order valence-corrected chi connectivity index (χ0v) is 14.6. The van der Waals surface area contributed by atoms with Crippen molar-refractivity contribution >= 4 is 22.8 Å². The summed E-state index contributed by atoms with van der Waals surface area (Å²) in [6, 6.07) is 5.68. The fourth-order valence-corrected chi connectivity index (χ4v) is 3.23. The van der Waals surface area contributed by atoms with E-state index in [1.54, 1.807) is 0 Å². The van der Waals surface area contributed by atoms with E-state index in [2.05, 4.69) is 4.98 Å². The molecular formula is C18H24N4O2. The third-order valence-corrected chi connectivity index (χ3v) is 4.79. The van der Waals surface area contributed by atoms with Crippen molar-refractivity contribution in [2.75, 3.05) is 26.2 Å². The molecule has 2 amide bonds. The van der Waals surface area contributed by atoms with Gasteiger partial charge in [-0.25, -0.2) is 4.98 Å². The second-order valence-electron chi connectivity index (χ2n) is 6.30. The van der Waals surface area contributed by atoms with Crippen LogP contribution in [0.2, 0.25) is 0 Å². The Hall–Kier alpha value is -2.37. The summed E-state index contributed by atoms with van der Waals surface area (Å²) < 4.78 is 2.02. The molecule has 0 saturated carbocycles. The monoisotopic (exact) mass is 328 g/mol. The van der Waals surface area contributed by atoms with E-state index < -0.39 is 0 Å². The molecule has 0 unspecified atom stereocenters. The third kappa shape index (κ3) is 3.00. The molecule has 6 nitrogen and oxygen atoms in total. The number of hydrogen-bond donors (Lipinski definition) is 0. The average molecular weight is 328 g/mol. The van der Waals surface area contributed by atoms with Crippen molar-refractivity contribution in [1.82, 2.24) is 19.4 Å². The number of amides is 2. The van der Waals surface area contributed by atoms with Crippen LogP contribution in [-0.4, -0.2) is 57.3 Å². The first-order valence-corrected chi connectivity index (χ1v) is 8.51. The van der Waals surface area contributed by atoms with E-state index in [0.717, 1.165) is 29.8 Å². The van der Waals surface area contributed by atoms with Crippen LogP contribution in [0, 0.1) is 6.92 Å². The first-order valence-electron chi connectivity index (χ1n) is 8.51. The first kappa shape index (κ1) is 16.5. The Morgan fingerprint density at radius 1 is 1.12 bits per heavy atom. The van der Waals surface area contributed by atoms with Gasteiger partial charge in [-0.1, -0.05) is 6.92 Å². The molecule has 1 aliphatic rings. The number of carbonyl (C=O) groups excluding carboxylic acids is 2. The highest BCUT2D eigenvalue weighted by Crippen LogP contribution is 2.18. The van der Waals surface area contributed by atoms with Crippen LogP contribution < -0.4 is 0 Å². The van der Waals surface area contributed by atoms with Crippen molar-refractivity contribution in [3.8, 4) is 0 Å². The van der Waals surface area contributed by atoms with Gasteiger partial charge in [-0.3, -0.25) is 9.59 Å². The highest BCUT2D eigenvalue weighted by molar-refractivity contribution is 5.97. The van der Waals surface area contributed by atoms with Crippen LogP contribution in [0.4, 0.5) is 0 Å². The summed E-state index contributed by atoms with van der Waals surface area (Å²) in [5.41, 5.74) is 2.54. The quantitative estimate of drug-likeness (QED) is 0.847. The molecule has 1 aromatic carbocycles. The fraction of sp³-hybridized carbons (Fsp3) is 0.500. The van der Waals surface area contributed by atoms with Crippen LogP contribution in [0.5, 0.6) is 0 Å². The van der Waals surface area contributed by atoms with E-state index in [4.69, 9.17) is 0 Å². The van der Waals surface area contributed by atoms with Gasteiger partial charge in [-0.05, 0) is 31.5 Å². The maximum atomic E-state index is 12.8. The minimum absolute atomic E-state index is 0.0194. The number of hydrogen-bond acceptors (Lipinski definition) is 3. The Morgan fingerprint density at radius 2 is 1.83 bits per heavy atom. The van der Waals surface area contributed by atoms with Gasteiger partial charge >= 0.3 is 0 Å². The molecule has 6 heteroatoms. The number of carbonyl (C=O) groups is 2. The van der Waals surface area contributed by atoms with Crippen LogP contribution in [0.15, 0.2) is 18.2 Å². The minimum Gasteiger partial charge on any atom is -0.341 e. The fourth-order valence-electron chi connectivity index (χ4n) is 3.23. The van der Waals surface area contributed by atoms with Crippen molar-refractivity contribution in [1.29, 1.82) is 0 Å². The Labute approximate surface area is 142 Å². The number of rotatable bonds is 2. The molecule has 0 radical (unpaired) electrons. The maximum absolute atomic E-state index is 12.8. The normalized spacial score (nSPS) is 15.6. The Kier molecular flexibility index (Phi) is 4.55. The van der Waals surface area contributed by atoms with Gasteiger partial charge in [0.05, 0.1) is 11.0 Å². The number of aromatic nitrogens is 2. The van der Waals surface area contributed by atoms with Gasteiger partial charge < -0.3 is 14.4 Å². The summed E-state index contributed by atoms with van der Waals surface area (Å²) in [7, 11) is 1.97. The lowest BCUT2D eigenvalue weighted by molar-refractivity contribution is -0.130. The van der Waals surface area contributed by atoms with Gasteiger partial charge in [-0.15, -0.1) is 0 Å². The molecule has 0 bridgehead atoms. The van der Waals surface area contributed by atoms with Gasteiger partial charge in [0, 0.05) is 45.2 Å². The SMILES string of the molecule is CCC(=O)N1CCCN(C(=O)c2ccc3c(c2)nc(C)n3C)CC1. The number of imidazole rings is 1. The largest absolute Gasteiger partial charge is 0.341 e. The van der Waals surface area contributed by atoms with Crippen molar-refractivity contribution in [2.45, 2.75) is 26.7 Å². The van der Waals surface area contributed by atoms with Crippen molar-refractivity contribution in [3.05, 3.63) is 29.6 Å². The van der Waals surface area contributed by atoms with Crippen LogP contribution in [0.3, 0.4) is 0 Å². The van der Waals surface area contributed by atoms with E-state index in [1.807, 2.05) is 53.5 Å². The van der Waals surface area contributed by atoms with E-state index in [0.29, 0.717) is 31.6 Å². The highest BCUT2D eigenvalue weighted by atomic mass is 16.2. The van der Waals surface area contributed by atoms with E-state index >= 15 is 0 Å². The molecule has 2 aromatic rings. The van der Waals surface area contributed by atoms with Gasteiger partial charge in [-0.2, -0.15) is 0 Å². The molecule has 3 rings (SSSR count). The summed E-state index contributed by atoms with van der Waals surface area (Å²) in [4.78, 5) is 32.9. The third-order valence-electron chi connectivity index (χ3n) is 4.79. The van der Waals surface area contributed by atoms with Gasteiger partial charge in [0.2, 0.25) is 5.91 Å². The van der Waals surface area contributed by atoms with Crippen LogP contribution >= 0.6 is 0 Å². The average Bonchev–Trinajstić information content (AvgIpc) is 2.78. The van der Waals surface area contributed by atoms with Crippen LogP contribution in [-0.2, 0) is 11.8 Å². The second kappa shape index (κ2) is 6.63. The standard InChI is InChI=1S/C18H24N4O2/c1-4-17(23)21-8-5-9-22(11-10-21)18(24)14-6-7-16-15(12-14)19-13(2)20(16)3/h6-7,12H,4-5,8-11H2,1-3H3. The Morgan fingerprint density at radius 3 is 2.58 bits per heavy atom. The molecule has 0 spiro atoms. The number of benzene rings is 1. The maximum Gasteiger partial charge on any atom is 0.253 e. The minimum atomic E-state index is 0.0194. The predicted molar refractivity (Wildman–Crippen MR) is 92.8 cm³/mol. The molecule has 24 heavy (non-hydrogen) atoms. The second-order valence-corrected chi connectivity index (χ2v) is 6.30. The Bertz CT molecular complexity index is 781. The van der Waals surface area contributed by atoms with Gasteiger partial charge in [0.25, 0.3) is 5.91 Å². The summed E-state index contributed by atoms with van der Waals surface area (Å²) in [6.45, 7) is 6.45. The lowest BCUT2D eigenvalue weighted by Crippen LogP contribution is -2.37. The van der Waals surface area contributed by atoms with Crippen molar-refractivity contribution in [3.63, 3.8) is 0 Å². The molecule has 1 aromatic heterocycles. The summed E-state index contributed by atoms with van der Waals surface area (Å²) in [6.07, 6.45) is 1.34. The molecular weight excluding hydrogens is 304 g/mol. The molecule has 1 fully saturated rings. The number of aryl methyl sites for hydroxylation is 2. The van der Waals surface area contributed by atoms with Crippen LogP contribution in [0.25, 0.3) is 11.0 Å². The van der Waals surface area contributed by atoms with Gasteiger partial charge in [0.15, 0.2) is 0 Å². The van der Waals surface area contributed by atoms with Crippen LogP contribution in [0.1, 0.15) is 35.9 Å². The lowest BCUT2D eigenvalue weighted by atomic mass is 10.1. The smallest absolute Gasteiger partial charge is 0.253 e. The molecule has 0 atom stereocenters. The topological polar surface area (TPSA) is 58.4 Å². The summed E-state index contributed by atoms with van der Waals surface area (Å²) in [5, 5.41) is 0. The molecule has 0 aliphatic carbocycles. The summed E-state index contributed by atoms with van der Waals surface area (Å²) in [5.74, 6) is 1.11. The lowest BCUT2D eigenvalue weighted by Gasteiger charge is -2.22. The van der Waals surface area contributed by atoms with E-state index in [1.165, 1.54) is 0 Å². The predicted octanol–water partition coefficient (Wildman–Crippen LogP) is 1.97. The molecule has 128 valence electrons. The van der Waals surface area contributed by atoms with Gasteiger partial charge in [0.1, 0.15) is 5.82 Å².